The number of benzene rings is 2. The lowest BCUT2D eigenvalue weighted by Crippen LogP contribution is -1.96. The standard InChI is InChI=1S/C16H14ClNO2/c1-3-19-16-8-11(2)4-6-15(16)20-14-7-5-12(10-18)9-13(14)17/h4-9H,3H2,1-2H3. The van der Waals surface area contributed by atoms with Crippen molar-refractivity contribution in [3.05, 3.63) is 52.5 Å². The second kappa shape index (κ2) is 6.31. The van der Waals surface area contributed by atoms with Crippen molar-refractivity contribution in [2.75, 3.05) is 6.61 Å². The molecule has 20 heavy (non-hydrogen) atoms. The van der Waals surface area contributed by atoms with Crippen LogP contribution in [0.5, 0.6) is 17.2 Å². The maximum absolute atomic E-state index is 8.82. The lowest BCUT2D eigenvalue weighted by atomic mass is 10.2. The number of hydrogen-bond donors (Lipinski definition) is 0. The molecule has 0 bridgehead atoms. The summed E-state index contributed by atoms with van der Waals surface area (Å²) in [5.41, 5.74) is 1.59. The quantitative estimate of drug-likeness (QED) is 0.818. The van der Waals surface area contributed by atoms with Crippen LogP contribution in [0, 0.1) is 18.3 Å². The van der Waals surface area contributed by atoms with Crippen LogP contribution in [0.25, 0.3) is 0 Å². The average molecular weight is 288 g/mol. The maximum Gasteiger partial charge on any atom is 0.169 e. The Balaban J connectivity index is 2.32. The lowest BCUT2D eigenvalue weighted by Gasteiger charge is -2.13. The van der Waals surface area contributed by atoms with Gasteiger partial charge in [0.2, 0.25) is 0 Å². The Bertz CT molecular complexity index is 662. The van der Waals surface area contributed by atoms with Gasteiger partial charge in [0.05, 0.1) is 23.3 Å². The zero-order chi connectivity index (χ0) is 14.5. The molecule has 2 rings (SSSR count). The zero-order valence-corrected chi connectivity index (χ0v) is 12.1. The van der Waals surface area contributed by atoms with Crippen molar-refractivity contribution in [3.8, 4) is 23.3 Å². The highest BCUT2D eigenvalue weighted by atomic mass is 35.5. The maximum atomic E-state index is 8.82. The van der Waals surface area contributed by atoms with Gasteiger partial charge in [-0.05, 0) is 49.7 Å². The topological polar surface area (TPSA) is 42.2 Å². The van der Waals surface area contributed by atoms with Crippen LogP contribution in [-0.4, -0.2) is 6.61 Å². The molecule has 0 saturated heterocycles. The van der Waals surface area contributed by atoms with E-state index in [0.29, 0.717) is 34.4 Å². The van der Waals surface area contributed by atoms with E-state index in [1.54, 1.807) is 18.2 Å². The third-order valence-electron chi connectivity index (χ3n) is 2.68. The number of hydrogen-bond acceptors (Lipinski definition) is 3. The van der Waals surface area contributed by atoms with Crippen LogP contribution in [0.3, 0.4) is 0 Å². The van der Waals surface area contributed by atoms with Crippen molar-refractivity contribution < 1.29 is 9.47 Å². The van der Waals surface area contributed by atoms with Crippen LogP contribution in [-0.2, 0) is 0 Å². The third kappa shape index (κ3) is 3.23. The molecule has 102 valence electrons. The summed E-state index contributed by atoms with van der Waals surface area (Å²) in [6.45, 7) is 4.46. The van der Waals surface area contributed by atoms with Crippen LogP contribution in [0.15, 0.2) is 36.4 Å². The van der Waals surface area contributed by atoms with E-state index in [-0.39, 0.29) is 0 Å². The molecule has 0 amide bonds. The van der Waals surface area contributed by atoms with Crippen LogP contribution < -0.4 is 9.47 Å². The molecule has 0 radical (unpaired) electrons. The molecule has 0 heterocycles. The molecule has 0 aliphatic carbocycles. The molecule has 2 aromatic carbocycles. The molecule has 3 nitrogen and oxygen atoms in total. The molecule has 0 unspecified atom stereocenters. The molecular formula is C16H14ClNO2. The summed E-state index contributed by atoms with van der Waals surface area (Å²) in [5.74, 6) is 1.77. The number of aryl methyl sites for hydroxylation is 1. The molecule has 0 aliphatic heterocycles. The number of rotatable bonds is 4. The Morgan fingerprint density at radius 2 is 1.85 bits per heavy atom. The Morgan fingerprint density at radius 1 is 1.10 bits per heavy atom. The molecular weight excluding hydrogens is 274 g/mol. The minimum absolute atomic E-state index is 0.395. The highest BCUT2D eigenvalue weighted by molar-refractivity contribution is 6.32. The zero-order valence-electron chi connectivity index (χ0n) is 11.3. The van der Waals surface area contributed by atoms with Gasteiger partial charge in [-0.15, -0.1) is 0 Å². The van der Waals surface area contributed by atoms with Gasteiger partial charge in [0.15, 0.2) is 11.5 Å². The van der Waals surface area contributed by atoms with Crippen LogP contribution in [0.1, 0.15) is 18.1 Å². The predicted molar refractivity (Wildman–Crippen MR) is 78.6 cm³/mol. The summed E-state index contributed by atoms with van der Waals surface area (Å²) >= 11 is 6.10. The Hall–Kier alpha value is -2.18. The summed E-state index contributed by atoms with van der Waals surface area (Å²) in [6, 6.07) is 12.6. The van der Waals surface area contributed by atoms with Gasteiger partial charge in [0.1, 0.15) is 5.75 Å². The van der Waals surface area contributed by atoms with Gasteiger partial charge >= 0.3 is 0 Å². The minimum atomic E-state index is 0.395. The largest absolute Gasteiger partial charge is 0.490 e. The van der Waals surface area contributed by atoms with E-state index >= 15 is 0 Å². The summed E-state index contributed by atoms with van der Waals surface area (Å²) in [6.07, 6.45) is 0. The Labute approximate surface area is 123 Å². The first-order valence-corrected chi connectivity index (χ1v) is 6.62. The van der Waals surface area contributed by atoms with E-state index in [0.717, 1.165) is 5.56 Å². The molecule has 0 spiro atoms. The van der Waals surface area contributed by atoms with Gasteiger partial charge in [-0.2, -0.15) is 5.26 Å². The lowest BCUT2D eigenvalue weighted by molar-refractivity contribution is 0.321. The first-order chi connectivity index (χ1) is 9.63. The fourth-order valence-corrected chi connectivity index (χ4v) is 1.96. The fourth-order valence-electron chi connectivity index (χ4n) is 1.74. The van der Waals surface area contributed by atoms with Crippen LogP contribution in [0.4, 0.5) is 0 Å². The van der Waals surface area contributed by atoms with Crippen molar-refractivity contribution in [2.45, 2.75) is 13.8 Å². The molecule has 0 atom stereocenters. The van der Waals surface area contributed by atoms with Crippen molar-refractivity contribution >= 4 is 11.6 Å². The smallest absolute Gasteiger partial charge is 0.169 e. The van der Waals surface area contributed by atoms with Gasteiger partial charge in [-0.1, -0.05) is 17.7 Å². The van der Waals surface area contributed by atoms with E-state index in [1.807, 2.05) is 38.1 Å². The second-order valence-corrected chi connectivity index (χ2v) is 4.65. The molecule has 2 aromatic rings. The number of nitriles is 1. The Morgan fingerprint density at radius 3 is 2.50 bits per heavy atom. The molecule has 4 heteroatoms. The molecule has 0 aromatic heterocycles. The van der Waals surface area contributed by atoms with E-state index in [1.165, 1.54) is 0 Å². The Kier molecular flexibility index (Phi) is 4.49. The van der Waals surface area contributed by atoms with Gasteiger partial charge < -0.3 is 9.47 Å². The molecule has 0 aliphatic rings. The van der Waals surface area contributed by atoms with E-state index < -0.39 is 0 Å². The normalized spacial score (nSPS) is 9.90. The number of halogens is 1. The van der Waals surface area contributed by atoms with Gasteiger partial charge in [0.25, 0.3) is 0 Å². The van der Waals surface area contributed by atoms with Crippen LogP contribution in [0.2, 0.25) is 5.02 Å². The van der Waals surface area contributed by atoms with Crippen molar-refractivity contribution in [3.63, 3.8) is 0 Å². The van der Waals surface area contributed by atoms with Crippen molar-refractivity contribution in [2.24, 2.45) is 0 Å². The van der Waals surface area contributed by atoms with Crippen molar-refractivity contribution in [1.82, 2.24) is 0 Å². The molecule has 0 N–H and O–H groups in total. The van der Waals surface area contributed by atoms with Crippen LogP contribution >= 0.6 is 11.6 Å². The predicted octanol–water partition coefficient (Wildman–Crippen LogP) is 4.71. The second-order valence-electron chi connectivity index (χ2n) is 4.24. The third-order valence-corrected chi connectivity index (χ3v) is 2.98. The van der Waals surface area contributed by atoms with Gasteiger partial charge in [-0.3, -0.25) is 0 Å². The van der Waals surface area contributed by atoms with Gasteiger partial charge in [-0.25, -0.2) is 0 Å². The van der Waals surface area contributed by atoms with E-state index in [9.17, 15) is 0 Å². The summed E-state index contributed by atoms with van der Waals surface area (Å²) < 4.78 is 11.3. The number of ether oxygens (including phenoxy) is 2. The first-order valence-electron chi connectivity index (χ1n) is 6.25. The summed E-state index contributed by atoms with van der Waals surface area (Å²) in [7, 11) is 0. The summed E-state index contributed by atoms with van der Waals surface area (Å²) in [4.78, 5) is 0. The SMILES string of the molecule is CCOc1cc(C)ccc1Oc1ccc(C#N)cc1Cl. The summed E-state index contributed by atoms with van der Waals surface area (Å²) in [5, 5.41) is 9.21. The monoisotopic (exact) mass is 287 g/mol. The van der Waals surface area contributed by atoms with E-state index in [4.69, 9.17) is 26.3 Å². The average Bonchev–Trinajstić information content (AvgIpc) is 2.44. The van der Waals surface area contributed by atoms with Gasteiger partial charge in [0, 0.05) is 0 Å². The van der Waals surface area contributed by atoms with E-state index in [2.05, 4.69) is 0 Å². The fraction of sp³-hybridized carbons (Fsp3) is 0.188. The van der Waals surface area contributed by atoms with Crippen molar-refractivity contribution in [1.29, 1.82) is 5.26 Å². The highest BCUT2D eigenvalue weighted by Crippen LogP contribution is 2.36. The minimum Gasteiger partial charge on any atom is -0.490 e. The molecule has 0 saturated carbocycles. The highest BCUT2D eigenvalue weighted by Gasteiger charge is 2.09. The molecule has 0 fully saturated rings. The first kappa shape index (κ1) is 14.2. The number of nitrogens with zero attached hydrogens (tertiary/aromatic N) is 1.